The molecule has 0 bridgehead atoms. The highest BCUT2D eigenvalue weighted by molar-refractivity contribution is 5.83. The number of fused-ring (bicyclic) bond motifs is 1. The summed E-state index contributed by atoms with van der Waals surface area (Å²) >= 11 is 0. The van der Waals surface area contributed by atoms with Gasteiger partial charge in [0.05, 0.1) is 0 Å². The molecule has 0 saturated carbocycles. The lowest BCUT2D eigenvalue weighted by molar-refractivity contribution is -0.133. The molecule has 0 radical (unpaired) electrons. The van der Waals surface area contributed by atoms with Crippen molar-refractivity contribution in [2.45, 2.75) is 31.3 Å². The molecule has 0 aromatic heterocycles. The predicted molar refractivity (Wildman–Crippen MR) is 79.2 cm³/mol. The molecule has 3 rings (SSSR count). The van der Waals surface area contributed by atoms with Gasteiger partial charge in [-0.3, -0.25) is 9.69 Å². The van der Waals surface area contributed by atoms with E-state index in [9.17, 15) is 4.79 Å². The zero-order chi connectivity index (χ0) is 13.9. The van der Waals surface area contributed by atoms with Crippen molar-refractivity contribution < 1.29 is 4.79 Å². The first-order chi connectivity index (χ1) is 9.75. The van der Waals surface area contributed by atoms with E-state index in [-0.39, 0.29) is 5.91 Å². The van der Waals surface area contributed by atoms with E-state index in [1.807, 2.05) is 35.2 Å². The second-order valence-electron chi connectivity index (χ2n) is 5.86. The molecule has 1 aromatic carbocycles. The fourth-order valence-electron chi connectivity index (χ4n) is 3.41. The van der Waals surface area contributed by atoms with Crippen LogP contribution in [0.4, 0.5) is 0 Å². The number of amides is 1. The normalized spacial score (nSPS) is 25.1. The van der Waals surface area contributed by atoms with Gasteiger partial charge in [-0.1, -0.05) is 30.3 Å². The number of rotatable bonds is 2. The first-order valence-electron chi connectivity index (χ1n) is 7.59. The quantitative estimate of drug-likeness (QED) is 0.885. The van der Waals surface area contributed by atoms with Gasteiger partial charge in [-0.25, -0.2) is 0 Å². The Labute approximate surface area is 120 Å². The number of carbonyl (C=O) groups is 1. The standard InChI is InChI=1S/C16H23N3O/c17-15(13-6-2-1-3-7-13)16(20)19-11-5-10-18-9-4-8-14(18)12-19/h1-3,6-7,14-15H,4-5,8-12,17H2. The molecule has 20 heavy (non-hydrogen) atoms. The van der Waals surface area contributed by atoms with Crippen molar-refractivity contribution in [3.63, 3.8) is 0 Å². The fraction of sp³-hybridized carbons (Fsp3) is 0.562. The van der Waals surface area contributed by atoms with Gasteiger partial charge >= 0.3 is 0 Å². The summed E-state index contributed by atoms with van der Waals surface area (Å²) in [5, 5.41) is 0. The minimum absolute atomic E-state index is 0.0740. The van der Waals surface area contributed by atoms with Gasteiger partial charge in [0.1, 0.15) is 6.04 Å². The maximum Gasteiger partial charge on any atom is 0.244 e. The second kappa shape index (κ2) is 5.94. The lowest BCUT2D eigenvalue weighted by atomic mass is 10.1. The average molecular weight is 273 g/mol. The van der Waals surface area contributed by atoms with E-state index in [1.54, 1.807) is 0 Å². The lowest BCUT2D eigenvalue weighted by Crippen LogP contribution is -2.43. The Morgan fingerprint density at radius 2 is 1.90 bits per heavy atom. The van der Waals surface area contributed by atoms with Crippen LogP contribution in [0.1, 0.15) is 30.9 Å². The first-order valence-corrected chi connectivity index (χ1v) is 7.59. The van der Waals surface area contributed by atoms with Crippen molar-refractivity contribution >= 4 is 5.91 Å². The third kappa shape index (κ3) is 2.72. The molecule has 0 aliphatic carbocycles. The van der Waals surface area contributed by atoms with Gasteiger partial charge in [0, 0.05) is 25.7 Å². The van der Waals surface area contributed by atoms with E-state index in [2.05, 4.69) is 4.90 Å². The van der Waals surface area contributed by atoms with Crippen molar-refractivity contribution in [2.75, 3.05) is 26.2 Å². The summed E-state index contributed by atoms with van der Waals surface area (Å²) in [4.78, 5) is 17.1. The van der Waals surface area contributed by atoms with Crippen LogP contribution in [0, 0.1) is 0 Å². The van der Waals surface area contributed by atoms with Crippen LogP contribution in [-0.2, 0) is 4.79 Å². The van der Waals surface area contributed by atoms with Gasteiger partial charge in [-0.05, 0) is 31.4 Å². The summed E-state index contributed by atoms with van der Waals surface area (Å²) in [5.41, 5.74) is 7.06. The topological polar surface area (TPSA) is 49.6 Å². The predicted octanol–water partition coefficient (Wildman–Crippen LogP) is 1.38. The molecule has 2 atom stereocenters. The Morgan fingerprint density at radius 3 is 2.70 bits per heavy atom. The van der Waals surface area contributed by atoms with Gasteiger partial charge in [0.2, 0.25) is 5.91 Å². The van der Waals surface area contributed by atoms with Gasteiger partial charge in [0.25, 0.3) is 0 Å². The molecule has 2 fully saturated rings. The van der Waals surface area contributed by atoms with Crippen LogP contribution in [0.25, 0.3) is 0 Å². The van der Waals surface area contributed by atoms with Crippen LogP contribution in [0.15, 0.2) is 30.3 Å². The van der Waals surface area contributed by atoms with Gasteiger partial charge in [-0.15, -0.1) is 0 Å². The van der Waals surface area contributed by atoms with Crippen LogP contribution in [0.5, 0.6) is 0 Å². The first kappa shape index (κ1) is 13.6. The Kier molecular flexibility index (Phi) is 4.03. The zero-order valence-electron chi connectivity index (χ0n) is 11.9. The van der Waals surface area contributed by atoms with E-state index in [4.69, 9.17) is 5.73 Å². The van der Waals surface area contributed by atoms with Crippen molar-refractivity contribution in [3.05, 3.63) is 35.9 Å². The molecule has 1 aromatic rings. The van der Waals surface area contributed by atoms with Crippen LogP contribution < -0.4 is 5.73 Å². The fourth-order valence-corrected chi connectivity index (χ4v) is 3.41. The molecule has 2 aliphatic rings. The highest BCUT2D eigenvalue weighted by Gasteiger charge is 2.32. The molecule has 0 spiro atoms. The summed E-state index contributed by atoms with van der Waals surface area (Å²) in [5.74, 6) is 0.0740. The number of benzene rings is 1. The molecule has 2 N–H and O–H groups in total. The average Bonchev–Trinajstić information content (AvgIpc) is 2.83. The van der Waals surface area contributed by atoms with E-state index >= 15 is 0 Å². The van der Waals surface area contributed by atoms with Crippen molar-refractivity contribution in [1.82, 2.24) is 9.80 Å². The number of hydrogen-bond acceptors (Lipinski definition) is 3. The van der Waals surface area contributed by atoms with E-state index in [0.29, 0.717) is 6.04 Å². The summed E-state index contributed by atoms with van der Waals surface area (Å²) in [6.45, 7) is 4.00. The second-order valence-corrected chi connectivity index (χ2v) is 5.86. The Bertz CT molecular complexity index is 462. The number of nitrogens with two attached hydrogens (primary N) is 1. The van der Waals surface area contributed by atoms with Crippen molar-refractivity contribution in [3.8, 4) is 0 Å². The molecular formula is C16H23N3O. The Hall–Kier alpha value is -1.39. The highest BCUT2D eigenvalue weighted by atomic mass is 16.2. The highest BCUT2D eigenvalue weighted by Crippen LogP contribution is 2.23. The summed E-state index contributed by atoms with van der Waals surface area (Å²) < 4.78 is 0. The van der Waals surface area contributed by atoms with Gasteiger partial charge in [-0.2, -0.15) is 0 Å². The van der Waals surface area contributed by atoms with Crippen molar-refractivity contribution in [1.29, 1.82) is 0 Å². The minimum atomic E-state index is -0.524. The third-order valence-corrected chi connectivity index (χ3v) is 4.54. The van der Waals surface area contributed by atoms with Crippen LogP contribution in [0.2, 0.25) is 0 Å². The molecule has 1 amide bonds. The van der Waals surface area contributed by atoms with Crippen LogP contribution in [-0.4, -0.2) is 47.9 Å². The van der Waals surface area contributed by atoms with Crippen LogP contribution >= 0.6 is 0 Å². The third-order valence-electron chi connectivity index (χ3n) is 4.54. The molecule has 4 heteroatoms. The lowest BCUT2D eigenvalue weighted by Gasteiger charge is -2.27. The Morgan fingerprint density at radius 1 is 1.15 bits per heavy atom. The van der Waals surface area contributed by atoms with E-state index in [0.717, 1.165) is 31.6 Å². The molecule has 2 saturated heterocycles. The van der Waals surface area contributed by atoms with E-state index < -0.39 is 6.04 Å². The van der Waals surface area contributed by atoms with Crippen LogP contribution in [0.3, 0.4) is 0 Å². The van der Waals surface area contributed by atoms with Crippen molar-refractivity contribution in [2.24, 2.45) is 5.73 Å². The van der Waals surface area contributed by atoms with E-state index in [1.165, 1.54) is 19.4 Å². The molecular weight excluding hydrogens is 250 g/mol. The monoisotopic (exact) mass is 273 g/mol. The number of nitrogens with zero attached hydrogens (tertiary/aromatic N) is 2. The largest absolute Gasteiger partial charge is 0.339 e. The number of hydrogen-bond donors (Lipinski definition) is 1. The summed E-state index contributed by atoms with van der Waals surface area (Å²) in [7, 11) is 0. The molecule has 2 heterocycles. The molecule has 2 unspecified atom stereocenters. The smallest absolute Gasteiger partial charge is 0.244 e. The maximum absolute atomic E-state index is 12.6. The summed E-state index contributed by atoms with van der Waals surface area (Å²) in [6, 6.07) is 9.70. The van der Waals surface area contributed by atoms with Gasteiger partial charge in [0.15, 0.2) is 0 Å². The SMILES string of the molecule is NC(C(=O)N1CCCN2CCCC2C1)c1ccccc1. The number of carbonyl (C=O) groups excluding carboxylic acids is 1. The Balaban J connectivity index is 1.70. The molecule has 108 valence electrons. The maximum atomic E-state index is 12.6. The zero-order valence-corrected chi connectivity index (χ0v) is 11.9. The van der Waals surface area contributed by atoms with Gasteiger partial charge < -0.3 is 10.6 Å². The molecule has 2 aliphatic heterocycles. The minimum Gasteiger partial charge on any atom is -0.339 e. The molecule has 4 nitrogen and oxygen atoms in total. The summed E-state index contributed by atoms with van der Waals surface area (Å²) in [6.07, 6.45) is 3.53.